The van der Waals surface area contributed by atoms with Crippen LogP contribution < -0.4 is 0 Å². The molecule has 2 aromatic heterocycles. The van der Waals surface area contributed by atoms with E-state index in [1.54, 1.807) is 18.2 Å². The Kier molecular flexibility index (Phi) is 2.64. The van der Waals surface area contributed by atoms with E-state index in [-0.39, 0.29) is 17.3 Å². The van der Waals surface area contributed by atoms with Crippen LogP contribution in [-0.2, 0) is 0 Å². The summed E-state index contributed by atoms with van der Waals surface area (Å²) in [6.45, 7) is 0. The first-order valence-corrected chi connectivity index (χ1v) is 5.58. The lowest BCUT2D eigenvalue weighted by Crippen LogP contribution is -1.98. The highest BCUT2D eigenvalue weighted by atomic mass is 16.4. The molecule has 0 aliphatic rings. The molecule has 2 heterocycles. The number of furan rings is 1. The summed E-state index contributed by atoms with van der Waals surface area (Å²) < 4.78 is 10.5. The summed E-state index contributed by atoms with van der Waals surface area (Å²) in [7, 11) is 0. The van der Waals surface area contributed by atoms with Crippen molar-refractivity contribution in [2.24, 2.45) is 0 Å². The molecule has 0 radical (unpaired) electrons. The Labute approximate surface area is 108 Å². The summed E-state index contributed by atoms with van der Waals surface area (Å²) in [6, 6.07) is 10.8. The third-order valence-electron chi connectivity index (χ3n) is 2.63. The molecule has 3 aromatic rings. The van der Waals surface area contributed by atoms with E-state index >= 15 is 0 Å². The molecule has 0 aliphatic heterocycles. The van der Waals surface area contributed by atoms with Crippen molar-refractivity contribution in [1.29, 1.82) is 0 Å². The third kappa shape index (κ3) is 2.01. The minimum absolute atomic E-state index is 0.125. The lowest BCUT2D eigenvalue weighted by molar-refractivity contribution is 0.0691. The van der Waals surface area contributed by atoms with E-state index in [1.165, 1.54) is 12.5 Å². The van der Waals surface area contributed by atoms with Gasteiger partial charge in [0, 0.05) is 5.56 Å². The first kappa shape index (κ1) is 11.3. The van der Waals surface area contributed by atoms with Crippen molar-refractivity contribution in [1.82, 2.24) is 4.98 Å². The van der Waals surface area contributed by atoms with Gasteiger partial charge in [-0.3, -0.25) is 0 Å². The summed E-state index contributed by atoms with van der Waals surface area (Å²) in [4.78, 5) is 15.2. The molecule has 0 saturated carbocycles. The Hall–Kier alpha value is -2.82. The van der Waals surface area contributed by atoms with E-state index in [4.69, 9.17) is 8.83 Å². The predicted octanol–water partition coefficient (Wildman–Crippen LogP) is 3.30. The molecule has 0 bridgehead atoms. The van der Waals surface area contributed by atoms with E-state index in [2.05, 4.69) is 4.98 Å². The second kappa shape index (κ2) is 4.45. The van der Waals surface area contributed by atoms with Crippen LogP contribution in [0.5, 0.6) is 0 Å². The molecule has 94 valence electrons. The smallest absolute Gasteiger partial charge is 0.358 e. The molecular weight excluding hydrogens is 246 g/mol. The zero-order valence-corrected chi connectivity index (χ0v) is 9.74. The van der Waals surface area contributed by atoms with Crippen molar-refractivity contribution < 1.29 is 18.7 Å². The van der Waals surface area contributed by atoms with Gasteiger partial charge in [-0.05, 0) is 18.2 Å². The molecule has 0 amide bonds. The van der Waals surface area contributed by atoms with Gasteiger partial charge in [0.25, 0.3) is 0 Å². The zero-order chi connectivity index (χ0) is 13.2. The predicted molar refractivity (Wildman–Crippen MR) is 66.6 cm³/mol. The van der Waals surface area contributed by atoms with E-state index in [9.17, 15) is 9.90 Å². The number of aromatic nitrogens is 1. The molecule has 19 heavy (non-hydrogen) atoms. The first-order chi connectivity index (χ1) is 9.25. The third-order valence-corrected chi connectivity index (χ3v) is 2.63. The van der Waals surface area contributed by atoms with Crippen LogP contribution in [0.3, 0.4) is 0 Å². The van der Waals surface area contributed by atoms with Crippen molar-refractivity contribution in [2.75, 3.05) is 0 Å². The largest absolute Gasteiger partial charge is 0.476 e. The number of carboxylic acids is 1. The maximum atomic E-state index is 11.2. The van der Waals surface area contributed by atoms with Crippen LogP contribution in [0.2, 0.25) is 0 Å². The summed E-state index contributed by atoms with van der Waals surface area (Å²) in [6.07, 6.45) is 2.87. The number of aromatic carboxylic acids is 1. The number of oxazole rings is 1. The average molecular weight is 255 g/mol. The molecular formula is C14H9NO4. The van der Waals surface area contributed by atoms with Crippen LogP contribution in [0.4, 0.5) is 0 Å². The van der Waals surface area contributed by atoms with Gasteiger partial charge in [0.15, 0.2) is 11.5 Å². The van der Waals surface area contributed by atoms with Gasteiger partial charge in [-0.25, -0.2) is 9.78 Å². The molecule has 0 fully saturated rings. The minimum atomic E-state index is -1.14. The Morgan fingerprint density at radius 3 is 2.53 bits per heavy atom. The molecule has 1 N–H and O–H groups in total. The first-order valence-electron chi connectivity index (χ1n) is 5.58. The maximum Gasteiger partial charge on any atom is 0.358 e. The van der Waals surface area contributed by atoms with E-state index in [0.717, 1.165) is 5.56 Å². The Balaban J connectivity index is 2.15. The van der Waals surface area contributed by atoms with Gasteiger partial charge in [-0.2, -0.15) is 0 Å². The van der Waals surface area contributed by atoms with Gasteiger partial charge in [0.2, 0.25) is 5.89 Å². The normalized spacial score (nSPS) is 10.5. The fourth-order valence-electron chi connectivity index (χ4n) is 1.76. The standard InChI is InChI=1S/C14H9NO4/c16-14(17)11-12(10-6-7-18-8-10)19-13(15-11)9-4-2-1-3-5-9/h1-8H,(H,16,17). The number of benzene rings is 1. The highest BCUT2D eigenvalue weighted by Crippen LogP contribution is 2.29. The quantitative estimate of drug-likeness (QED) is 0.777. The molecule has 5 nitrogen and oxygen atoms in total. The number of rotatable bonds is 3. The highest BCUT2D eigenvalue weighted by molar-refractivity contribution is 5.92. The Bertz CT molecular complexity index is 698. The molecule has 0 saturated heterocycles. The second-order valence-corrected chi connectivity index (χ2v) is 3.88. The fraction of sp³-hybridized carbons (Fsp3) is 0. The number of carboxylic acid groups (broad SMARTS) is 1. The molecule has 1 aromatic carbocycles. The van der Waals surface area contributed by atoms with E-state index < -0.39 is 5.97 Å². The number of carbonyl (C=O) groups is 1. The highest BCUT2D eigenvalue weighted by Gasteiger charge is 2.22. The Morgan fingerprint density at radius 1 is 1.11 bits per heavy atom. The van der Waals surface area contributed by atoms with Gasteiger partial charge in [-0.15, -0.1) is 0 Å². The van der Waals surface area contributed by atoms with Crippen LogP contribution in [0, 0.1) is 0 Å². The summed E-state index contributed by atoms with van der Waals surface area (Å²) in [5, 5.41) is 9.17. The number of hydrogen-bond donors (Lipinski definition) is 1. The van der Waals surface area contributed by atoms with Crippen LogP contribution >= 0.6 is 0 Å². The van der Waals surface area contributed by atoms with Gasteiger partial charge >= 0.3 is 5.97 Å². The lowest BCUT2D eigenvalue weighted by atomic mass is 10.2. The van der Waals surface area contributed by atoms with Gasteiger partial charge in [-0.1, -0.05) is 18.2 Å². The van der Waals surface area contributed by atoms with Crippen LogP contribution in [0.1, 0.15) is 10.5 Å². The fourth-order valence-corrected chi connectivity index (χ4v) is 1.76. The molecule has 0 spiro atoms. The molecule has 3 rings (SSSR count). The number of nitrogens with zero attached hydrogens (tertiary/aromatic N) is 1. The van der Waals surface area contributed by atoms with Gasteiger partial charge in [0.05, 0.1) is 11.8 Å². The molecule has 5 heteroatoms. The van der Waals surface area contributed by atoms with Crippen molar-refractivity contribution in [2.45, 2.75) is 0 Å². The van der Waals surface area contributed by atoms with E-state index in [1.807, 2.05) is 18.2 Å². The van der Waals surface area contributed by atoms with Crippen LogP contribution in [0.25, 0.3) is 22.8 Å². The van der Waals surface area contributed by atoms with E-state index in [0.29, 0.717) is 5.56 Å². The summed E-state index contributed by atoms with van der Waals surface area (Å²) in [5.74, 6) is -0.670. The topological polar surface area (TPSA) is 76.5 Å². The zero-order valence-electron chi connectivity index (χ0n) is 9.74. The summed E-state index contributed by atoms with van der Waals surface area (Å²) >= 11 is 0. The molecule has 0 aliphatic carbocycles. The summed E-state index contributed by atoms with van der Waals surface area (Å²) in [5.41, 5.74) is 1.15. The van der Waals surface area contributed by atoms with Crippen LogP contribution in [0.15, 0.2) is 57.8 Å². The maximum absolute atomic E-state index is 11.2. The average Bonchev–Trinajstić information content (AvgIpc) is 3.08. The van der Waals surface area contributed by atoms with Crippen molar-refractivity contribution in [3.63, 3.8) is 0 Å². The van der Waals surface area contributed by atoms with Crippen molar-refractivity contribution in [3.05, 3.63) is 54.6 Å². The lowest BCUT2D eigenvalue weighted by Gasteiger charge is -1.93. The van der Waals surface area contributed by atoms with Crippen molar-refractivity contribution in [3.8, 4) is 22.8 Å². The SMILES string of the molecule is O=C(O)c1nc(-c2ccccc2)oc1-c1ccoc1. The Morgan fingerprint density at radius 2 is 1.89 bits per heavy atom. The molecule has 0 unspecified atom stereocenters. The van der Waals surface area contributed by atoms with Gasteiger partial charge in [0.1, 0.15) is 6.26 Å². The minimum Gasteiger partial charge on any atom is -0.476 e. The second-order valence-electron chi connectivity index (χ2n) is 3.88. The number of hydrogen-bond acceptors (Lipinski definition) is 4. The molecule has 0 atom stereocenters. The van der Waals surface area contributed by atoms with Crippen LogP contribution in [-0.4, -0.2) is 16.1 Å². The monoisotopic (exact) mass is 255 g/mol. The van der Waals surface area contributed by atoms with Crippen molar-refractivity contribution >= 4 is 5.97 Å². The van der Waals surface area contributed by atoms with Gasteiger partial charge < -0.3 is 13.9 Å².